The van der Waals surface area contributed by atoms with Crippen LogP contribution in [0.2, 0.25) is 0 Å². The molecule has 0 spiro atoms. The van der Waals surface area contributed by atoms with E-state index in [9.17, 15) is 4.79 Å². The first kappa shape index (κ1) is 8.43. The average molecular weight is 129 g/mol. The van der Waals surface area contributed by atoms with Gasteiger partial charge < -0.3 is 11.1 Å². The van der Waals surface area contributed by atoms with Gasteiger partial charge in [-0.15, -0.1) is 0 Å². The Hall–Kier alpha value is -0.570. The van der Waals surface area contributed by atoms with Crippen LogP contribution in [0, 0.1) is 6.92 Å². The standard InChI is InChI=1S/C6H13N2O/c1-3-4-8-6(9)5(2)7/h5H,1,3-4,7H2,2H3,(H,8,9)/t5-/m0/s1. The Morgan fingerprint density at radius 3 is 2.78 bits per heavy atom. The molecule has 0 rings (SSSR count). The predicted octanol–water partition coefficient (Wildman–Crippen LogP) is -0.326. The number of hydrogen-bond donors (Lipinski definition) is 2. The molecule has 0 aliphatic carbocycles. The third kappa shape index (κ3) is 3.97. The van der Waals surface area contributed by atoms with Crippen LogP contribution >= 0.6 is 0 Å². The number of amides is 1. The van der Waals surface area contributed by atoms with Crippen LogP contribution in [-0.2, 0) is 4.79 Å². The lowest BCUT2D eigenvalue weighted by molar-refractivity contribution is -0.121. The Balaban J connectivity index is 3.28. The van der Waals surface area contributed by atoms with Gasteiger partial charge in [0.15, 0.2) is 0 Å². The van der Waals surface area contributed by atoms with E-state index in [0.29, 0.717) is 13.0 Å². The fraction of sp³-hybridized carbons (Fsp3) is 0.667. The molecule has 0 aliphatic heterocycles. The zero-order valence-electron chi connectivity index (χ0n) is 5.68. The summed E-state index contributed by atoms with van der Waals surface area (Å²) in [5, 5.41) is 2.61. The van der Waals surface area contributed by atoms with Gasteiger partial charge in [-0.25, -0.2) is 0 Å². The Bertz CT molecular complexity index is 91.1. The Labute approximate surface area is 55.6 Å². The van der Waals surface area contributed by atoms with Gasteiger partial charge in [-0.3, -0.25) is 4.79 Å². The lowest BCUT2D eigenvalue weighted by Gasteiger charge is -2.04. The summed E-state index contributed by atoms with van der Waals surface area (Å²) < 4.78 is 0. The number of nitrogens with two attached hydrogens (primary N) is 1. The average Bonchev–Trinajstić information content (AvgIpc) is 1.82. The molecule has 0 fully saturated rings. The van der Waals surface area contributed by atoms with Crippen molar-refractivity contribution < 1.29 is 4.79 Å². The van der Waals surface area contributed by atoms with Crippen molar-refractivity contribution in [2.24, 2.45) is 5.73 Å². The van der Waals surface area contributed by atoms with E-state index in [0.717, 1.165) is 0 Å². The van der Waals surface area contributed by atoms with Crippen molar-refractivity contribution in [1.82, 2.24) is 5.32 Å². The summed E-state index contributed by atoms with van der Waals surface area (Å²) in [4.78, 5) is 10.6. The third-order valence-corrected chi connectivity index (χ3v) is 0.890. The van der Waals surface area contributed by atoms with Crippen LogP contribution in [0.25, 0.3) is 0 Å². The van der Waals surface area contributed by atoms with Gasteiger partial charge in [0.2, 0.25) is 5.91 Å². The summed E-state index contributed by atoms with van der Waals surface area (Å²) in [6.07, 6.45) is 0.707. The molecule has 3 nitrogen and oxygen atoms in total. The van der Waals surface area contributed by atoms with E-state index >= 15 is 0 Å². The van der Waals surface area contributed by atoms with E-state index in [2.05, 4.69) is 12.2 Å². The van der Waals surface area contributed by atoms with Gasteiger partial charge in [0.05, 0.1) is 6.04 Å². The van der Waals surface area contributed by atoms with E-state index in [-0.39, 0.29) is 5.91 Å². The van der Waals surface area contributed by atoms with Gasteiger partial charge in [-0.2, -0.15) is 0 Å². The number of hydrogen-bond acceptors (Lipinski definition) is 2. The largest absolute Gasteiger partial charge is 0.355 e. The first-order chi connectivity index (χ1) is 4.18. The van der Waals surface area contributed by atoms with Crippen molar-refractivity contribution in [1.29, 1.82) is 0 Å². The van der Waals surface area contributed by atoms with Crippen molar-refractivity contribution in [3.8, 4) is 0 Å². The quantitative estimate of drug-likeness (QED) is 0.548. The Morgan fingerprint density at radius 2 is 2.44 bits per heavy atom. The van der Waals surface area contributed by atoms with Gasteiger partial charge in [-0.05, 0) is 13.3 Å². The zero-order valence-corrected chi connectivity index (χ0v) is 5.68. The van der Waals surface area contributed by atoms with Crippen molar-refractivity contribution in [2.75, 3.05) is 6.54 Å². The van der Waals surface area contributed by atoms with Gasteiger partial charge >= 0.3 is 0 Å². The molecule has 0 aromatic carbocycles. The molecule has 0 saturated heterocycles. The molecule has 1 atom stereocenters. The maximum atomic E-state index is 10.6. The Morgan fingerprint density at radius 1 is 1.89 bits per heavy atom. The summed E-state index contributed by atoms with van der Waals surface area (Å²) in [7, 11) is 0. The fourth-order valence-corrected chi connectivity index (χ4v) is 0.373. The molecule has 0 saturated carbocycles. The van der Waals surface area contributed by atoms with E-state index in [1.165, 1.54) is 0 Å². The molecule has 0 unspecified atom stereocenters. The van der Waals surface area contributed by atoms with Crippen molar-refractivity contribution in [2.45, 2.75) is 19.4 Å². The maximum absolute atomic E-state index is 10.6. The second kappa shape index (κ2) is 4.32. The predicted molar refractivity (Wildman–Crippen MR) is 36.6 cm³/mol. The van der Waals surface area contributed by atoms with Crippen molar-refractivity contribution >= 4 is 5.91 Å². The highest BCUT2D eigenvalue weighted by molar-refractivity contribution is 5.80. The van der Waals surface area contributed by atoms with Gasteiger partial charge in [0.1, 0.15) is 0 Å². The minimum atomic E-state index is -0.406. The third-order valence-electron chi connectivity index (χ3n) is 0.890. The first-order valence-electron chi connectivity index (χ1n) is 3.01. The fourth-order valence-electron chi connectivity index (χ4n) is 0.373. The molecular weight excluding hydrogens is 116 g/mol. The molecule has 3 heteroatoms. The molecular formula is C6H13N2O. The molecule has 9 heavy (non-hydrogen) atoms. The number of carbonyl (C=O) groups is 1. The second-order valence-electron chi connectivity index (χ2n) is 1.93. The molecule has 0 aromatic rings. The molecule has 0 aliphatic rings. The van der Waals surface area contributed by atoms with Crippen LogP contribution in [0.1, 0.15) is 13.3 Å². The maximum Gasteiger partial charge on any atom is 0.236 e. The smallest absolute Gasteiger partial charge is 0.236 e. The van der Waals surface area contributed by atoms with Crippen LogP contribution in [-0.4, -0.2) is 18.5 Å². The number of rotatable bonds is 3. The summed E-state index contributed by atoms with van der Waals surface area (Å²) in [5.74, 6) is -0.112. The SMILES string of the molecule is [CH2]CCNC(=O)[C@H](C)N. The van der Waals surface area contributed by atoms with Gasteiger partial charge in [-0.1, -0.05) is 6.92 Å². The number of carbonyl (C=O) groups excluding carboxylic acids is 1. The lowest BCUT2D eigenvalue weighted by Crippen LogP contribution is -2.38. The van der Waals surface area contributed by atoms with Crippen LogP contribution in [0.15, 0.2) is 0 Å². The van der Waals surface area contributed by atoms with Crippen LogP contribution in [0.3, 0.4) is 0 Å². The van der Waals surface area contributed by atoms with E-state index in [1.807, 2.05) is 0 Å². The van der Waals surface area contributed by atoms with Gasteiger partial charge in [0.25, 0.3) is 0 Å². The van der Waals surface area contributed by atoms with E-state index < -0.39 is 6.04 Å². The zero-order chi connectivity index (χ0) is 7.28. The summed E-state index contributed by atoms with van der Waals surface area (Å²) in [6.45, 7) is 5.82. The first-order valence-corrected chi connectivity index (χ1v) is 3.01. The van der Waals surface area contributed by atoms with E-state index in [1.54, 1.807) is 6.92 Å². The summed E-state index contributed by atoms with van der Waals surface area (Å²) >= 11 is 0. The van der Waals surface area contributed by atoms with Crippen LogP contribution in [0.4, 0.5) is 0 Å². The molecule has 1 amide bonds. The minimum Gasteiger partial charge on any atom is -0.355 e. The monoisotopic (exact) mass is 129 g/mol. The highest BCUT2D eigenvalue weighted by atomic mass is 16.2. The summed E-state index contributed by atoms with van der Waals surface area (Å²) in [6, 6.07) is -0.406. The molecule has 0 bridgehead atoms. The van der Waals surface area contributed by atoms with Crippen molar-refractivity contribution in [3.05, 3.63) is 6.92 Å². The van der Waals surface area contributed by atoms with Crippen LogP contribution in [0.5, 0.6) is 0 Å². The molecule has 53 valence electrons. The lowest BCUT2D eigenvalue weighted by atomic mass is 10.3. The number of nitrogens with one attached hydrogen (secondary N) is 1. The van der Waals surface area contributed by atoms with Gasteiger partial charge in [0, 0.05) is 6.54 Å². The highest BCUT2D eigenvalue weighted by Crippen LogP contribution is 1.75. The van der Waals surface area contributed by atoms with Crippen LogP contribution < -0.4 is 11.1 Å². The normalized spacial score (nSPS) is 12.8. The molecule has 1 radical (unpaired) electrons. The minimum absolute atomic E-state index is 0.112. The highest BCUT2D eigenvalue weighted by Gasteiger charge is 2.03. The topological polar surface area (TPSA) is 55.1 Å². The summed E-state index contributed by atoms with van der Waals surface area (Å²) in [5.41, 5.74) is 5.24. The molecule has 3 N–H and O–H groups in total. The second-order valence-corrected chi connectivity index (χ2v) is 1.93. The molecule has 0 aromatic heterocycles. The Kier molecular flexibility index (Phi) is 4.05. The molecule has 0 heterocycles. The van der Waals surface area contributed by atoms with Crippen molar-refractivity contribution in [3.63, 3.8) is 0 Å². The van der Waals surface area contributed by atoms with E-state index in [4.69, 9.17) is 5.73 Å².